The maximum Gasteiger partial charge on any atom is 0.332 e. The Morgan fingerprint density at radius 2 is 2.10 bits per heavy atom. The van der Waals surface area contributed by atoms with Crippen LogP contribution in [0.15, 0.2) is 42.5 Å². The Morgan fingerprint density at radius 3 is 2.87 bits per heavy atom. The molecule has 0 spiro atoms. The fourth-order valence-electron chi connectivity index (χ4n) is 3.97. The van der Waals surface area contributed by atoms with Gasteiger partial charge in [0.05, 0.1) is 18.0 Å². The van der Waals surface area contributed by atoms with E-state index in [1.54, 1.807) is 18.7 Å². The number of benzene rings is 1. The third kappa shape index (κ3) is 4.08. The van der Waals surface area contributed by atoms with Crippen LogP contribution in [0.3, 0.4) is 0 Å². The van der Waals surface area contributed by atoms with Crippen molar-refractivity contribution in [1.29, 1.82) is 0 Å². The lowest BCUT2D eigenvalue weighted by molar-refractivity contribution is -0.149. The Balaban J connectivity index is 1.79. The molecular formula is C23H24N2O4S. The van der Waals surface area contributed by atoms with E-state index < -0.39 is 0 Å². The Kier molecular flexibility index (Phi) is 6.40. The van der Waals surface area contributed by atoms with E-state index in [0.29, 0.717) is 13.2 Å². The Bertz CT molecular complexity index is 1070. The zero-order valence-corrected chi connectivity index (χ0v) is 17.6. The number of aromatic nitrogens is 1. The molecule has 0 radical (unpaired) electrons. The van der Waals surface area contributed by atoms with Gasteiger partial charge in [0.15, 0.2) is 0 Å². The predicted molar refractivity (Wildman–Crippen MR) is 117 cm³/mol. The van der Waals surface area contributed by atoms with Crippen LogP contribution in [0.5, 0.6) is 0 Å². The molecule has 2 heterocycles. The normalized spacial score (nSPS) is 19.1. The number of fused-ring (bicyclic) bond motifs is 3. The first-order valence-electron chi connectivity index (χ1n) is 9.96. The molecule has 0 fully saturated rings. The molecule has 0 bridgehead atoms. The molecule has 2 aliphatic rings. The molecule has 156 valence electrons. The van der Waals surface area contributed by atoms with Gasteiger partial charge in [-0.05, 0) is 24.0 Å². The molecule has 2 unspecified atom stereocenters. The van der Waals surface area contributed by atoms with Crippen molar-refractivity contribution in [2.45, 2.75) is 25.6 Å². The van der Waals surface area contributed by atoms with Crippen LogP contribution in [0.2, 0.25) is 0 Å². The highest BCUT2D eigenvalue weighted by atomic mass is 32.2. The molecule has 6 nitrogen and oxygen atoms in total. The molecule has 1 aliphatic carbocycles. The second kappa shape index (κ2) is 9.36. The van der Waals surface area contributed by atoms with Gasteiger partial charge in [0.25, 0.3) is 0 Å². The van der Waals surface area contributed by atoms with Crippen molar-refractivity contribution in [2.24, 2.45) is 0 Å². The van der Waals surface area contributed by atoms with Crippen LogP contribution in [0.25, 0.3) is 11.5 Å². The van der Waals surface area contributed by atoms with E-state index in [2.05, 4.69) is 33.5 Å². The molecule has 2 atom stereocenters. The molecule has 1 aromatic carbocycles. The number of carbonyl (C=O) groups excluding carboxylic acids is 2. The number of nitrogens with zero attached hydrogens (tertiary/aromatic N) is 1. The number of nitrogens with one attached hydrogen (secondary N) is 1. The maximum absolute atomic E-state index is 11.8. The second-order valence-electron chi connectivity index (χ2n) is 7.05. The van der Waals surface area contributed by atoms with Gasteiger partial charge in [-0.15, -0.1) is 11.8 Å². The first-order chi connectivity index (χ1) is 14.7. The molecule has 0 saturated carbocycles. The molecule has 30 heavy (non-hydrogen) atoms. The van der Waals surface area contributed by atoms with Crippen molar-refractivity contribution in [3.8, 4) is 0 Å². The summed E-state index contributed by atoms with van der Waals surface area (Å²) in [7, 11) is 0. The molecule has 1 aromatic heterocycles. The van der Waals surface area contributed by atoms with Gasteiger partial charge in [-0.1, -0.05) is 42.5 Å². The highest BCUT2D eigenvalue weighted by Gasteiger charge is 2.30. The van der Waals surface area contributed by atoms with Gasteiger partial charge < -0.3 is 19.4 Å². The zero-order chi connectivity index (χ0) is 20.9. The van der Waals surface area contributed by atoms with E-state index in [1.807, 2.05) is 30.4 Å². The molecule has 7 heteroatoms. The summed E-state index contributed by atoms with van der Waals surface area (Å²) in [5, 5.41) is 7.21. The number of amides is 1. The lowest BCUT2D eigenvalue weighted by atomic mass is 9.98. The number of esters is 1. The van der Waals surface area contributed by atoms with Gasteiger partial charge in [-0.25, -0.2) is 4.79 Å². The molecule has 0 saturated heterocycles. The molecule has 1 N–H and O–H groups in total. The number of carbonyl (C=O) groups is 2. The van der Waals surface area contributed by atoms with Crippen LogP contribution >= 0.6 is 11.8 Å². The lowest BCUT2D eigenvalue weighted by Gasteiger charge is -2.23. The number of allylic oxidation sites excluding steroid dienone is 1. The predicted octanol–water partition coefficient (Wildman–Crippen LogP) is 1.78. The van der Waals surface area contributed by atoms with Gasteiger partial charge in [0.1, 0.15) is 12.7 Å². The van der Waals surface area contributed by atoms with Crippen LogP contribution in [-0.4, -0.2) is 35.9 Å². The van der Waals surface area contributed by atoms with Gasteiger partial charge in [0, 0.05) is 28.8 Å². The minimum absolute atomic E-state index is 0.119. The highest BCUT2D eigenvalue weighted by molar-refractivity contribution is 8.06. The number of rotatable bonds is 8. The number of hydrogen-bond donors (Lipinski definition) is 1. The number of thioether (sulfide) groups is 1. The quantitative estimate of drug-likeness (QED) is 0.517. The maximum atomic E-state index is 11.8. The highest BCUT2D eigenvalue weighted by Crippen LogP contribution is 2.30. The summed E-state index contributed by atoms with van der Waals surface area (Å²) in [4.78, 5) is 23.1. The van der Waals surface area contributed by atoms with E-state index in [0.717, 1.165) is 34.0 Å². The minimum atomic E-state index is -0.385. The van der Waals surface area contributed by atoms with Crippen molar-refractivity contribution in [2.75, 3.05) is 19.0 Å². The van der Waals surface area contributed by atoms with Crippen LogP contribution in [0, 0.1) is 0 Å². The smallest absolute Gasteiger partial charge is 0.332 e. The minimum Gasteiger partial charge on any atom is -0.464 e. The van der Waals surface area contributed by atoms with Crippen molar-refractivity contribution in [3.63, 3.8) is 0 Å². The summed E-state index contributed by atoms with van der Waals surface area (Å²) in [5.41, 5.74) is 3.25. The zero-order valence-electron chi connectivity index (χ0n) is 16.7. The molecule has 1 amide bonds. The molecule has 4 rings (SSSR count). The van der Waals surface area contributed by atoms with E-state index in [4.69, 9.17) is 9.47 Å². The first-order valence-corrected chi connectivity index (χ1v) is 11.0. The third-order valence-electron chi connectivity index (χ3n) is 5.19. The van der Waals surface area contributed by atoms with Crippen molar-refractivity contribution < 1.29 is 19.1 Å². The Hall–Kier alpha value is -2.77. The SMILES string of the molecule is CCOC(=O)COC1C=CC=c2c1c1c(n2Cc2ccccc2)=CSCC1NC=O. The Morgan fingerprint density at radius 1 is 1.27 bits per heavy atom. The van der Waals surface area contributed by atoms with Crippen LogP contribution in [0.1, 0.15) is 35.8 Å². The van der Waals surface area contributed by atoms with Crippen molar-refractivity contribution in [3.05, 3.63) is 69.9 Å². The third-order valence-corrected chi connectivity index (χ3v) is 6.11. The van der Waals surface area contributed by atoms with Crippen LogP contribution in [0.4, 0.5) is 0 Å². The van der Waals surface area contributed by atoms with E-state index in [9.17, 15) is 9.59 Å². The lowest BCUT2D eigenvalue weighted by Crippen LogP contribution is -2.33. The van der Waals surface area contributed by atoms with Crippen LogP contribution < -0.4 is 16.0 Å². The summed E-state index contributed by atoms with van der Waals surface area (Å²) in [6.45, 7) is 2.68. The van der Waals surface area contributed by atoms with E-state index in [-0.39, 0.29) is 24.7 Å². The second-order valence-corrected chi connectivity index (χ2v) is 7.95. The fourth-order valence-corrected chi connectivity index (χ4v) is 4.93. The summed E-state index contributed by atoms with van der Waals surface area (Å²) in [6.07, 6.45) is 6.33. The first kappa shape index (κ1) is 20.5. The topological polar surface area (TPSA) is 69.6 Å². The summed E-state index contributed by atoms with van der Waals surface area (Å²) >= 11 is 1.68. The van der Waals surface area contributed by atoms with E-state index >= 15 is 0 Å². The van der Waals surface area contributed by atoms with E-state index in [1.165, 1.54) is 5.56 Å². The summed E-state index contributed by atoms with van der Waals surface area (Å²) in [5.74, 6) is 0.367. The summed E-state index contributed by atoms with van der Waals surface area (Å²) in [6, 6.07) is 10.1. The largest absolute Gasteiger partial charge is 0.464 e. The van der Waals surface area contributed by atoms with Crippen molar-refractivity contribution >= 4 is 35.6 Å². The summed E-state index contributed by atoms with van der Waals surface area (Å²) < 4.78 is 13.2. The molecule has 2 aromatic rings. The monoisotopic (exact) mass is 424 g/mol. The molecular weight excluding hydrogens is 400 g/mol. The standard InChI is InChI=1S/C23H24N2O4S/c1-2-28-21(27)12-29-20-10-6-9-18-23(20)22-17(24-15-26)13-30-14-19(22)25(18)11-16-7-4-3-5-8-16/h3-10,14-15,17,20H,2,11-13H2,1H3,(H,24,26). The van der Waals surface area contributed by atoms with Crippen molar-refractivity contribution in [1.82, 2.24) is 9.88 Å². The average molecular weight is 425 g/mol. The van der Waals surface area contributed by atoms with Gasteiger partial charge in [0.2, 0.25) is 6.41 Å². The van der Waals surface area contributed by atoms with Gasteiger partial charge in [-0.2, -0.15) is 0 Å². The van der Waals surface area contributed by atoms with Crippen LogP contribution in [-0.2, 0) is 25.6 Å². The average Bonchev–Trinajstić information content (AvgIpc) is 3.09. The van der Waals surface area contributed by atoms with Gasteiger partial charge >= 0.3 is 5.97 Å². The fraction of sp³-hybridized carbons (Fsp3) is 0.304. The van der Waals surface area contributed by atoms with Gasteiger partial charge in [-0.3, -0.25) is 4.79 Å². The molecule has 1 aliphatic heterocycles. The Labute approximate surface area is 179 Å². The number of ether oxygens (including phenoxy) is 2. The number of hydrogen-bond acceptors (Lipinski definition) is 5.